The van der Waals surface area contributed by atoms with E-state index in [1.165, 1.54) is 0 Å². The van der Waals surface area contributed by atoms with Crippen molar-refractivity contribution in [1.29, 1.82) is 0 Å². The highest BCUT2D eigenvalue weighted by molar-refractivity contribution is 4.43. The molecular weight excluding hydrogens is 160 g/mol. The number of rotatable bonds is 9. The van der Waals surface area contributed by atoms with Gasteiger partial charge in [0.15, 0.2) is 0 Å². The molecule has 0 atom stereocenters. The molecule has 0 heterocycles. The Labute approximate surface area is 73.7 Å². The maximum Gasteiger partial charge on any atom is 0.109 e. The lowest BCUT2D eigenvalue weighted by atomic mass is 10.7. The van der Waals surface area contributed by atoms with Crippen LogP contribution in [0.1, 0.15) is 0 Å². The van der Waals surface area contributed by atoms with E-state index in [0.29, 0.717) is 33.0 Å². The summed E-state index contributed by atoms with van der Waals surface area (Å²) in [6, 6.07) is 0. The van der Waals surface area contributed by atoms with E-state index in [1.54, 1.807) is 20.8 Å². The van der Waals surface area contributed by atoms with E-state index in [-0.39, 0.29) is 0 Å². The Kier molecular flexibility index (Phi) is 10.7. The topological polar surface area (TPSA) is 36.9 Å². The maximum atomic E-state index is 5.15. The van der Waals surface area contributed by atoms with Gasteiger partial charge in [-0.05, 0) is 0 Å². The molecule has 0 N–H and O–H groups in total. The van der Waals surface area contributed by atoms with Gasteiger partial charge in [0.25, 0.3) is 0 Å². The van der Waals surface area contributed by atoms with Crippen LogP contribution in [0.4, 0.5) is 0 Å². The fraction of sp³-hybridized carbons (Fsp3) is 0.875. The van der Waals surface area contributed by atoms with Crippen LogP contribution in [-0.4, -0.2) is 47.3 Å². The van der Waals surface area contributed by atoms with Crippen molar-refractivity contribution in [1.82, 2.24) is 0 Å². The Hall–Kier alpha value is -0.160. The minimum atomic E-state index is 0.504. The van der Waals surface area contributed by atoms with Gasteiger partial charge in [-0.25, -0.2) is 0 Å². The number of hydrogen-bond acceptors (Lipinski definition) is 4. The van der Waals surface area contributed by atoms with Crippen molar-refractivity contribution in [2.24, 2.45) is 0 Å². The SMILES string of the molecule is CO[CH]COCCOCCOC. The third-order valence-electron chi connectivity index (χ3n) is 1.16. The highest BCUT2D eigenvalue weighted by Gasteiger charge is 1.89. The number of ether oxygens (including phenoxy) is 4. The van der Waals surface area contributed by atoms with Gasteiger partial charge >= 0.3 is 0 Å². The molecule has 0 amide bonds. The number of methoxy groups -OCH3 is 2. The molecule has 4 nitrogen and oxygen atoms in total. The van der Waals surface area contributed by atoms with Crippen molar-refractivity contribution in [3.8, 4) is 0 Å². The highest BCUT2D eigenvalue weighted by Crippen LogP contribution is 1.82. The van der Waals surface area contributed by atoms with Gasteiger partial charge in [-0.15, -0.1) is 0 Å². The van der Waals surface area contributed by atoms with E-state index >= 15 is 0 Å². The molecule has 0 spiro atoms. The van der Waals surface area contributed by atoms with Crippen molar-refractivity contribution >= 4 is 0 Å². The predicted octanol–water partition coefficient (Wildman–Crippen LogP) is 0.474. The fourth-order valence-corrected chi connectivity index (χ4v) is 0.562. The van der Waals surface area contributed by atoms with Crippen molar-refractivity contribution in [2.45, 2.75) is 0 Å². The summed E-state index contributed by atoms with van der Waals surface area (Å²) in [5.74, 6) is 0. The van der Waals surface area contributed by atoms with Gasteiger partial charge in [0.05, 0.1) is 33.0 Å². The number of hydrogen-bond donors (Lipinski definition) is 0. The quantitative estimate of drug-likeness (QED) is 0.480. The molecule has 4 heteroatoms. The van der Waals surface area contributed by atoms with E-state index in [0.717, 1.165) is 0 Å². The molecule has 0 rings (SSSR count). The normalized spacial score (nSPS) is 10.5. The molecule has 73 valence electrons. The molecule has 0 fully saturated rings. The molecule has 0 aromatic heterocycles. The molecule has 12 heavy (non-hydrogen) atoms. The van der Waals surface area contributed by atoms with Crippen LogP contribution in [0.5, 0.6) is 0 Å². The van der Waals surface area contributed by atoms with E-state index in [2.05, 4.69) is 4.74 Å². The molecule has 0 aromatic carbocycles. The van der Waals surface area contributed by atoms with E-state index in [4.69, 9.17) is 14.2 Å². The lowest BCUT2D eigenvalue weighted by Gasteiger charge is -2.04. The van der Waals surface area contributed by atoms with Crippen molar-refractivity contribution in [3.63, 3.8) is 0 Å². The summed E-state index contributed by atoms with van der Waals surface area (Å²) in [4.78, 5) is 0. The lowest BCUT2D eigenvalue weighted by molar-refractivity contribution is 0.0216. The summed E-state index contributed by atoms with van der Waals surface area (Å²) in [6.45, 7) is 4.53. The highest BCUT2D eigenvalue weighted by atomic mass is 16.5. The molecule has 0 bridgehead atoms. The molecule has 0 saturated heterocycles. The molecule has 0 unspecified atom stereocenters. The molecule has 0 aliphatic rings. The van der Waals surface area contributed by atoms with Crippen LogP contribution in [0.25, 0.3) is 0 Å². The van der Waals surface area contributed by atoms with Gasteiger partial charge in [-0.1, -0.05) is 0 Å². The van der Waals surface area contributed by atoms with Gasteiger partial charge in [0, 0.05) is 14.2 Å². The molecule has 0 aromatic rings. The standard InChI is InChI=1S/C8H17O4/c1-9-3-5-11-7-8-12-6-4-10-2/h3H,4-8H2,1-2H3. The van der Waals surface area contributed by atoms with Crippen LogP contribution in [0, 0.1) is 6.61 Å². The smallest absolute Gasteiger partial charge is 0.109 e. The third kappa shape index (κ3) is 9.84. The largest absolute Gasteiger partial charge is 0.382 e. The van der Waals surface area contributed by atoms with Crippen molar-refractivity contribution in [2.75, 3.05) is 47.3 Å². The average Bonchev–Trinajstić information content (AvgIpc) is 2.10. The fourth-order valence-electron chi connectivity index (χ4n) is 0.562. The summed E-state index contributed by atoms with van der Waals surface area (Å²) in [5.41, 5.74) is 0. The molecular formula is C8H17O4. The van der Waals surface area contributed by atoms with Crippen LogP contribution < -0.4 is 0 Å². The predicted molar refractivity (Wildman–Crippen MR) is 44.8 cm³/mol. The zero-order valence-corrected chi connectivity index (χ0v) is 7.75. The average molecular weight is 177 g/mol. The third-order valence-corrected chi connectivity index (χ3v) is 1.16. The van der Waals surface area contributed by atoms with Crippen molar-refractivity contribution in [3.05, 3.63) is 6.61 Å². The summed E-state index contributed by atoms with van der Waals surface area (Å²) in [7, 11) is 3.24. The minimum Gasteiger partial charge on any atom is -0.382 e. The Morgan fingerprint density at radius 2 is 1.58 bits per heavy atom. The first-order chi connectivity index (χ1) is 5.91. The van der Waals surface area contributed by atoms with Crippen LogP contribution in [0.2, 0.25) is 0 Å². The molecule has 0 saturated carbocycles. The van der Waals surface area contributed by atoms with Gasteiger partial charge in [0.2, 0.25) is 0 Å². The molecule has 0 aliphatic heterocycles. The summed E-state index contributed by atoms with van der Waals surface area (Å²) >= 11 is 0. The lowest BCUT2D eigenvalue weighted by Crippen LogP contribution is -2.09. The molecule has 0 aliphatic carbocycles. The van der Waals surface area contributed by atoms with Crippen LogP contribution >= 0.6 is 0 Å². The van der Waals surface area contributed by atoms with Crippen LogP contribution in [0.3, 0.4) is 0 Å². The maximum absolute atomic E-state index is 5.15. The zero-order chi connectivity index (χ0) is 9.07. The van der Waals surface area contributed by atoms with Gasteiger partial charge in [0.1, 0.15) is 6.61 Å². The first-order valence-electron chi connectivity index (χ1n) is 3.90. The summed E-state index contributed by atoms with van der Waals surface area (Å²) in [6.07, 6.45) is 0. The summed E-state index contributed by atoms with van der Waals surface area (Å²) < 4.78 is 19.7. The summed E-state index contributed by atoms with van der Waals surface area (Å²) in [5, 5.41) is 0. The Morgan fingerprint density at radius 1 is 0.917 bits per heavy atom. The Balaban J connectivity index is 2.73. The molecule has 1 radical (unpaired) electrons. The van der Waals surface area contributed by atoms with E-state index < -0.39 is 0 Å². The first-order valence-corrected chi connectivity index (χ1v) is 3.90. The second kappa shape index (κ2) is 10.8. The van der Waals surface area contributed by atoms with Gasteiger partial charge < -0.3 is 18.9 Å². The second-order valence-corrected chi connectivity index (χ2v) is 2.08. The van der Waals surface area contributed by atoms with Crippen LogP contribution in [-0.2, 0) is 18.9 Å². The van der Waals surface area contributed by atoms with Crippen LogP contribution in [0.15, 0.2) is 0 Å². The van der Waals surface area contributed by atoms with Gasteiger partial charge in [-0.3, -0.25) is 0 Å². The Morgan fingerprint density at radius 3 is 2.25 bits per heavy atom. The monoisotopic (exact) mass is 177 g/mol. The van der Waals surface area contributed by atoms with E-state index in [1.807, 2.05) is 0 Å². The minimum absolute atomic E-state index is 0.504. The zero-order valence-electron chi connectivity index (χ0n) is 7.75. The van der Waals surface area contributed by atoms with Crippen molar-refractivity contribution < 1.29 is 18.9 Å². The first kappa shape index (κ1) is 11.8. The van der Waals surface area contributed by atoms with E-state index in [9.17, 15) is 0 Å². The van der Waals surface area contributed by atoms with Gasteiger partial charge in [-0.2, -0.15) is 0 Å². The Bertz CT molecular complexity index is 67.5. The second-order valence-electron chi connectivity index (χ2n) is 2.08.